The predicted molar refractivity (Wildman–Crippen MR) is 60.3 cm³/mol. The van der Waals surface area contributed by atoms with E-state index in [0.717, 1.165) is 0 Å². The van der Waals surface area contributed by atoms with Gasteiger partial charge in [-0.15, -0.1) is 0 Å². The van der Waals surface area contributed by atoms with Crippen molar-refractivity contribution in [3.05, 3.63) is 0 Å². The summed E-state index contributed by atoms with van der Waals surface area (Å²) in [5.74, 6) is 0. The highest BCUT2D eigenvalue weighted by atomic mass is 16.6. The molecule has 0 aromatic carbocycles. The zero-order valence-corrected chi connectivity index (χ0v) is 10.6. The normalized spacial score (nSPS) is 34.2. The Hall–Kier alpha value is -0.850. The molecule has 1 heterocycles. The number of rotatable bonds is 1. The van der Waals surface area contributed by atoms with E-state index < -0.39 is 30.1 Å². The van der Waals surface area contributed by atoms with Gasteiger partial charge in [-0.25, -0.2) is 4.79 Å². The standard InChI is InChI=1S/C11H21NO5/c1-6-5-7(8(13)9(14)16-6)12-10(15)17-11(2,3)4/h6-9,13-14H,5H2,1-4H3,(H,12,15)/t6?,7?,8?,9-/m1/s1. The Morgan fingerprint density at radius 3 is 2.53 bits per heavy atom. The summed E-state index contributed by atoms with van der Waals surface area (Å²) in [7, 11) is 0. The van der Waals surface area contributed by atoms with Crippen LogP contribution in [0.1, 0.15) is 34.1 Å². The monoisotopic (exact) mass is 247 g/mol. The molecule has 0 bridgehead atoms. The molecule has 1 aliphatic rings. The maximum absolute atomic E-state index is 11.5. The Balaban J connectivity index is 2.52. The Morgan fingerprint density at radius 1 is 1.41 bits per heavy atom. The molecule has 1 amide bonds. The minimum atomic E-state index is -1.28. The van der Waals surface area contributed by atoms with E-state index in [1.807, 2.05) is 0 Å². The van der Waals surface area contributed by atoms with Gasteiger partial charge < -0.3 is 25.0 Å². The Labute approximate surface area is 101 Å². The van der Waals surface area contributed by atoms with Crippen LogP contribution < -0.4 is 5.32 Å². The van der Waals surface area contributed by atoms with Crippen molar-refractivity contribution in [3.8, 4) is 0 Å². The Morgan fingerprint density at radius 2 is 2.00 bits per heavy atom. The molecular weight excluding hydrogens is 226 g/mol. The number of carbonyl (C=O) groups is 1. The van der Waals surface area contributed by atoms with Crippen molar-refractivity contribution >= 4 is 6.09 Å². The zero-order valence-electron chi connectivity index (χ0n) is 10.6. The Bertz CT molecular complexity index is 276. The van der Waals surface area contributed by atoms with Crippen LogP contribution in [0.25, 0.3) is 0 Å². The van der Waals surface area contributed by atoms with Gasteiger partial charge in [0.25, 0.3) is 0 Å². The third-order valence-electron chi connectivity index (χ3n) is 2.36. The number of carbonyl (C=O) groups excluding carboxylic acids is 1. The minimum Gasteiger partial charge on any atom is -0.444 e. The topological polar surface area (TPSA) is 88.0 Å². The molecule has 1 aliphatic heterocycles. The molecule has 0 saturated carbocycles. The van der Waals surface area contributed by atoms with Crippen LogP contribution in [0.5, 0.6) is 0 Å². The molecule has 3 N–H and O–H groups in total. The zero-order chi connectivity index (χ0) is 13.2. The van der Waals surface area contributed by atoms with Gasteiger partial charge in [0, 0.05) is 0 Å². The Kier molecular flexibility index (Phi) is 4.35. The second kappa shape index (κ2) is 5.20. The van der Waals surface area contributed by atoms with E-state index in [-0.39, 0.29) is 6.10 Å². The highest BCUT2D eigenvalue weighted by molar-refractivity contribution is 5.68. The SMILES string of the molecule is CC1CC(NC(=O)OC(C)(C)C)C(O)[C@H](O)O1. The van der Waals surface area contributed by atoms with Gasteiger partial charge in [-0.2, -0.15) is 0 Å². The minimum absolute atomic E-state index is 0.228. The second-order valence-electron chi connectivity index (χ2n) is 5.32. The van der Waals surface area contributed by atoms with Crippen LogP contribution in [0, 0.1) is 0 Å². The van der Waals surface area contributed by atoms with Crippen molar-refractivity contribution in [2.45, 2.75) is 64.3 Å². The highest BCUT2D eigenvalue weighted by Crippen LogP contribution is 2.19. The van der Waals surface area contributed by atoms with Crippen molar-refractivity contribution in [1.29, 1.82) is 0 Å². The van der Waals surface area contributed by atoms with Gasteiger partial charge in [0.05, 0.1) is 12.1 Å². The number of ether oxygens (including phenoxy) is 2. The van der Waals surface area contributed by atoms with E-state index >= 15 is 0 Å². The van der Waals surface area contributed by atoms with Crippen LogP contribution in [0.3, 0.4) is 0 Å². The molecule has 0 spiro atoms. The average Bonchev–Trinajstić information content (AvgIpc) is 2.10. The molecule has 1 fully saturated rings. The van der Waals surface area contributed by atoms with Gasteiger partial charge in [0.1, 0.15) is 11.7 Å². The lowest BCUT2D eigenvalue weighted by molar-refractivity contribution is -0.219. The van der Waals surface area contributed by atoms with Crippen LogP contribution >= 0.6 is 0 Å². The summed E-state index contributed by atoms with van der Waals surface area (Å²) in [5.41, 5.74) is -0.593. The highest BCUT2D eigenvalue weighted by Gasteiger charge is 2.36. The average molecular weight is 247 g/mol. The molecule has 0 aromatic heterocycles. The van der Waals surface area contributed by atoms with Gasteiger partial charge in [-0.05, 0) is 34.1 Å². The lowest BCUT2D eigenvalue weighted by Gasteiger charge is -2.36. The lowest BCUT2D eigenvalue weighted by Crippen LogP contribution is -2.55. The number of hydrogen-bond donors (Lipinski definition) is 3. The number of hydrogen-bond acceptors (Lipinski definition) is 5. The first-order valence-corrected chi connectivity index (χ1v) is 5.70. The fraction of sp³-hybridized carbons (Fsp3) is 0.909. The number of alkyl carbamates (subject to hydrolysis) is 1. The van der Waals surface area contributed by atoms with E-state index in [4.69, 9.17) is 9.47 Å². The van der Waals surface area contributed by atoms with E-state index in [2.05, 4.69) is 5.32 Å². The van der Waals surface area contributed by atoms with E-state index in [9.17, 15) is 15.0 Å². The molecule has 0 radical (unpaired) electrons. The van der Waals surface area contributed by atoms with Gasteiger partial charge in [-0.1, -0.05) is 0 Å². The fourth-order valence-corrected chi connectivity index (χ4v) is 1.67. The summed E-state index contributed by atoms with van der Waals surface area (Å²) >= 11 is 0. The predicted octanol–water partition coefficient (Wildman–Crippen LogP) is 0.368. The summed E-state index contributed by atoms with van der Waals surface area (Å²) in [6, 6.07) is -0.566. The number of aliphatic hydroxyl groups is 2. The molecule has 6 nitrogen and oxygen atoms in total. The molecule has 6 heteroatoms. The lowest BCUT2D eigenvalue weighted by atomic mass is 10.0. The van der Waals surface area contributed by atoms with Crippen molar-refractivity contribution in [3.63, 3.8) is 0 Å². The molecule has 3 unspecified atom stereocenters. The molecule has 1 saturated heterocycles. The largest absolute Gasteiger partial charge is 0.444 e. The molecule has 100 valence electrons. The summed E-state index contributed by atoms with van der Waals surface area (Å²) in [5, 5.41) is 21.6. The summed E-state index contributed by atoms with van der Waals surface area (Å²) in [4.78, 5) is 11.5. The van der Waals surface area contributed by atoms with Crippen molar-refractivity contribution in [1.82, 2.24) is 5.32 Å². The number of nitrogens with one attached hydrogen (secondary N) is 1. The summed E-state index contributed by atoms with van der Waals surface area (Å²) in [6.45, 7) is 7.03. The number of aliphatic hydroxyl groups excluding tert-OH is 2. The third-order valence-corrected chi connectivity index (χ3v) is 2.36. The molecule has 0 aliphatic carbocycles. The van der Waals surface area contributed by atoms with Crippen LogP contribution in [-0.2, 0) is 9.47 Å². The third kappa shape index (κ3) is 4.49. The van der Waals surface area contributed by atoms with Crippen LogP contribution in [0.15, 0.2) is 0 Å². The van der Waals surface area contributed by atoms with Gasteiger partial charge in [0.15, 0.2) is 6.29 Å². The molecule has 17 heavy (non-hydrogen) atoms. The van der Waals surface area contributed by atoms with Crippen molar-refractivity contribution in [2.75, 3.05) is 0 Å². The van der Waals surface area contributed by atoms with E-state index in [0.29, 0.717) is 6.42 Å². The van der Waals surface area contributed by atoms with Crippen LogP contribution in [-0.4, -0.2) is 46.4 Å². The summed E-state index contributed by atoms with van der Waals surface area (Å²) < 4.78 is 10.1. The molecular formula is C11H21NO5. The van der Waals surface area contributed by atoms with Crippen LogP contribution in [0.2, 0.25) is 0 Å². The van der Waals surface area contributed by atoms with Gasteiger partial charge in [-0.3, -0.25) is 0 Å². The molecule has 4 atom stereocenters. The van der Waals surface area contributed by atoms with Crippen molar-refractivity contribution in [2.24, 2.45) is 0 Å². The number of amides is 1. The van der Waals surface area contributed by atoms with E-state index in [1.165, 1.54) is 0 Å². The quantitative estimate of drug-likeness (QED) is 0.623. The molecule has 1 rings (SSSR count). The van der Waals surface area contributed by atoms with Crippen molar-refractivity contribution < 1.29 is 24.5 Å². The second-order valence-corrected chi connectivity index (χ2v) is 5.32. The summed E-state index contributed by atoms with van der Waals surface area (Å²) in [6.07, 6.45) is -2.83. The first-order chi connectivity index (χ1) is 7.69. The van der Waals surface area contributed by atoms with Gasteiger partial charge in [0.2, 0.25) is 0 Å². The van der Waals surface area contributed by atoms with E-state index in [1.54, 1.807) is 27.7 Å². The fourth-order valence-electron chi connectivity index (χ4n) is 1.67. The van der Waals surface area contributed by atoms with Crippen LogP contribution in [0.4, 0.5) is 4.79 Å². The van der Waals surface area contributed by atoms with Gasteiger partial charge >= 0.3 is 6.09 Å². The first kappa shape index (κ1) is 14.2. The smallest absolute Gasteiger partial charge is 0.407 e. The first-order valence-electron chi connectivity index (χ1n) is 5.70. The maximum Gasteiger partial charge on any atom is 0.407 e. The maximum atomic E-state index is 11.5. The molecule has 0 aromatic rings.